The van der Waals surface area contributed by atoms with Gasteiger partial charge in [0.1, 0.15) is 0 Å². The fourth-order valence-corrected chi connectivity index (χ4v) is 1.81. The normalized spacial score (nSPS) is 10.5. The fraction of sp³-hybridized carbons (Fsp3) is 0.308. The first-order chi connectivity index (χ1) is 10.0. The molecule has 21 heavy (non-hydrogen) atoms. The lowest BCUT2D eigenvalue weighted by Crippen LogP contribution is -2.25. The number of nitrogens with zero attached hydrogens (tertiary/aromatic N) is 4. The predicted octanol–water partition coefficient (Wildman–Crippen LogP) is 2.32. The van der Waals surface area contributed by atoms with Crippen LogP contribution in [0.25, 0.3) is 0 Å². The average Bonchev–Trinajstić information content (AvgIpc) is 2.45. The van der Waals surface area contributed by atoms with Gasteiger partial charge in [0.2, 0.25) is 17.8 Å². The number of anilines is 4. The molecule has 0 fully saturated rings. The molecule has 8 heteroatoms. The van der Waals surface area contributed by atoms with Crippen molar-refractivity contribution in [1.29, 1.82) is 0 Å². The van der Waals surface area contributed by atoms with Crippen molar-refractivity contribution in [1.82, 2.24) is 15.0 Å². The molecular weight excluding hydrogens is 278 g/mol. The molecule has 0 aliphatic carbocycles. The number of rotatable bonds is 5. The summed E-state index contributed by atoms with van der Waals surface area (Å²) in [6, 6.07) is 3.80. The van der Waals surface area contributed by atoms with Gasteiger partial charge in [-0.15, -0.1) is 0 Å². The molecule has 2 aromatic rings. The summed E-state index contributed by atoms with van der Waals surface area (Å²) in [4.78, 5) is 13.9. The second-order valence-electron chi connectivity index (χ2n) is 4.22. The van der Waals surface area contributed by atoms with E-state index in [9.17, 15) is 8.78 Å². The Hall–Kier alpha value is -2.51. The van der Waals surface area contributed by atoms with Crippen LogP contribution >= 0.6 is 0 Å². The van der Waals surface area contributed by atoms with Crippen molar-refractivity contribution in [3.05, 3.63) is 29.8 Å². The second kappa shape index (κ2) is 6.29. The molecule has 0 aliphatic rings. The van der Waals surface area contributed by atoms with Gasteiger partial charge in [-0.2, -0.15) is 15.0 Å². The first-order valence-corrected chi connectivity index (χ1v) is 6.52. The minimum Gasteiger partial charge on any atom is -0.368 e. The zero-order chi connectivity index (χ0) is 15.4. The Labute approximate surface area is 121 Å². The van der Waals surface area contributed by atoms with Gasteiger partial charge in [-0.3, -0.25) is 0 Å². The van der Waals surface area contributed by atoms with E-state index in [1.165, 1.54) is 12.1 Å². The Morgan fingerprint density at radius 3 is 2.52 bits per heavy atom. The van der Waals surface area contributed by atoms with E-state index >= 15 is 0 Å². The average molecular weight is 294 g/mol. The molecule has 0 spiro atoms. The van der Waals surface area contributed by atoms with E-state index in [1.807, 2.05) is 18.7 Å². The fourth-order valence-electron chi connectivity index (χ4n) is 1.81. The number of nitrogen functional groups attached to an aromatic ring is 1. The van der Waals surface area contributed by atoms with Crippen LogP contribution in [-0.2, 0) is 0 Å². The summed E-state index contributed by atoms with van der Waals surface area (Å²) in [6.07, 6.45) is 0. The summed E-state index contributed by atoms with van der Waals surface area (Å²) in [5, 5.41) is 2.61. The molecule has 1 heterocycles. The first kappa shape index (κ1) is 14.9. The molecule has 112 valence electrons. The van der Waals surface area contributed by atoms with Crippen molar-refractivity contribution in [2.75, 3.05) is 29.0 Å². The standard InChI is InChI=1S/C13H16F2N6/c1-3-21(4-2)13-19-11(16)18-12(20-13)17-9-7-5-6-8(14)10(9)15/h5-7H,3-4H2,1-2H3,(H3,16,17,18,19,20). The third kappa shape index (κ3) is 3.33. The summed E-state index contributed by atoms with van der Waals surface area (Å²) in [5.41, 5.74) is 5.57. The van der Waals surface area contributed by atoms with Crippen molar-refractivity contribution in [2.24, 2.45) is 0 Å². The molecular formula is C13H16F2N6. The third-order valence-corrected chi connectivity index (χ3v) is 2.89. The van der Waals surface area contributed by atoms with E-state index in [2.05, 4.69) is 20.3 Å². The Morgan fingerprint density at radius 2 is 1.86 bits per heavy atom. The van der Waals surface area contributed by atoms with Crippen molar-refractivity contribution < 1.29 is 8.78 Å². The number of nitrogens with one attached hydrogen (secondary N) is 1. The Kier molecular flexibility index (Phi) is 4.46. The smallest absolute Gasteiger partial charge is 0.233 e. The maximum absolute atomic E-state index is 13.6. The highest BCUT2D eigenvalue weighted by Gasteiger charge is 2.12. The highest BCUT2D eigenvalue weighted by atomic mass is 19.2. The number of hydrogen-bond acceptors (Lipinski definition) is 6. The van der Waals surface area contributed by atoms with Gasteiger partial charge in [0.05, 0.1) is 5.69 Å². The largest absolute Gasteiger partial charge is 0.368 e. The maximum atomic E-state index is 13.6. The van der Waals surface area contributed by atoms with Gasteiger partial charge in [0.15, 0.2) is 11.6 Å². The van der Waals surface area contributed by atoms with Crippen LogP contribution in [-0.4, -0.2) is 28.0 Å². The van der Waals surface area contributed by atoms with E-state index in [1.54, 1.807) is 0 Å². The van der Waals surface area contributed by atoms with Crippen molar-refractivity contribution in [2.45, 2.75) is 13.8 Å². The molecule has 1 aromatic carbocycles. The van der Waals surface area contributed by atoms with E-state index in [0.29, 0.717) is 19.0 Å². The van der Waals surface area contributed by atoms with Gasteiger partial charge in [0, 0.05) is 13.1 Å². The van der Waals surface area contributed by atoms with Gasteiger partial charge < -0.3 is 16.0 Å². The summed E-state index contributed by atoms with van der Waals surface area (Å²) < 4.78 is 26.8. The van der Waals surface area contributed by atoms with Crippen LogP contribution in [0.4, 0.5) is 32.3 Å². The van der Waals surface area contributed by atoms with Gasteiger partial charge >= 0.3 is 0 Å². The van der Waals surface area contributed by atoms with E-state index < -0.39 is 11.6 Å². The molecule has 0 saturated heterocycles. The SMILES string of the molecule is CCN(CC)c1nc(N)nc(Nc2cccc(F)c2F)n1. The van der Waals surface area contributed by atoms with Crippen LogP contribution in [0.15, 0.2) is 18.2 Å². The minimum absolute atomic E-state index is 0.00575. The molecule has 6 nitrogen and oxygen atoms in total. The minimum atomic E-state index is -0.999. The number of halogens is 2. The lowest BCUT2D eigenvalue weighted by Gasteiger charge is -2.19. The van der Waals surface area contributed by atoms with E-state index in [-0.39, 0.29) is 17.6 Å². The van der Waals surface area contributed by atoms with Gasteiger partial charge in [0.25, 0.3) is 0 Å². The lowest BCUT2D eigenvalue weighted by atomic mass is 10.3. The molecule has 2 rings (SSSR count). The summed E-state index contributed by atoms with van der Waals surface area (Å²) in [5.74, 6) is -1.50. The van der Waals surface area contributed by atoms with Crippen LogP contribution in [0.2, 0.25) is 0 Å². The molecule has 0 saturated carbocycles. The number of aromatic nitrogens is 3. The van der Waals surface area contributed by atoms with Gasteiger partial charge in [-0.25, -0.2) is 8.78 Å². The molecule has 0 unspecified atom stereocenters. The molecule has 0 radical (unpaired) electrons. The van der Waals surface area contributed by atoms with Crippen LogP contribution in [0.1, 0.15) is 13.8 Å². The molecule has 1 aromatic heterocycles. The van der Waals surface area contributed by atoms with E-state index in [4.69, 9.17) is 5.73 Å². The zero-order valence-electron chi connectivity index (χ0n) is 11.8. The Bertz CT molecular complexity index is 630. The van der Waals surface area contributed by atoms with Crippen LogP contribution in [0, 0.1) is 11.6 Å². The monoisotopic (exact) mass is 294 g/mol. The number of benzene rings is 1. The second-order valence-corrected chi connectivity index (χ2v) is 4.22. The number of nitrogens with two attached hydrogens (primary N) is 1. The van der Waals surface area contributed by atoms with Gasteiger partial charge in [-0.1, -0.05) is 6.07 Å². The lowest BCUT2D eigenvalue weighted by molar-refractivity contribution is 0.511. The first-order valence-electron chi connectivity index (χ1n) is 6.52. The highest BCUT2D eigenvalue weighted by Crippen LogP contribution is 2.21. The predicted molar refractivity (Wildman–Crippen MR) is 77.4 cm³/mol. The molecule has 0 atom stereocenters. The third-order valence-electron chi connectivity index (χ3n) is 2.89. The molecule has 3 N–H and O–H groups in total. The van der Waals surface area contributed by atoms with Crippen molar-refractivity contribution >= 4 is 23.5 Å². The summed E-state index contributed by atoms with van der Waals surface area (Å²) in [7, 11) is 0. The Balaban J connectivity index is 2.34. The van der Waals surface area contributed by atoms with Crippen LogP contribution in [0.5, 0.6) is 0 Å². The Morgan fingerprint density at radius 1 is 1.14 bits per heavy atom. The molecule has 0 aliphatic heterocycles. The quantitative estimate of drug-likeness (QED) is 0.881. The molecule has 0 bridgehead atoms. The van der Waals surface area contributed by atoms with Crippen LogP contribution in [0.3, 0.4) is 0 Å². The summed E-state index contributed by atoms with van der Waals surface area (Å²) in [6.45, 7) is 5.27. The zero-order valence-corrected chi connectivity index (χ0v) is 11.8. The highest BCUT2D eigenvalue weighted by molar-refractivity contribution is 5.56. The summed E-state index contributed by atoms with van der Waals surface area (Å²) >= 11 is 0. The van der Waals surface area contributed by atoms with Crippen molar-refractivity contribution in [3.63, 3.8) is 0 Å². The maximum Gasteiger partial charge on any atom is 0.233 e. The van der Waals surface area contributed by atoms with Gasteiger partial charge in [-0.05, 0) is 26.0 Å². The number of hydrogen-bond donors (Lipinski definition) is 2. The molecule has 0 amide bonds. The van der Waals surface area contributed by atoms with Crippen molar-refractivity contribution in [3.8, 4) is 0 Å². The van der Waals surface area contributed by atoms with Crippen LogP contribution < -0.4 is 16.0 Å². The van der Waals surface area contributed by atoms with E-state index in [0.717, 1.165) is 6.07 Å². The topological polar surface area (TPSA) is 80.0 Å².